The van der Waals surface area contributed by atoms with Crippen LogP contribution < -0.4 is 10.1 Å². The molecule has 1 aliphatic rings. The summed E-state index contributed by atoms with van der Waals surface area (Å²) >= 11 is 6.14. The molecular formula is C22H27ClN2O2. The summed E-state index contributed by atoms with van der Waals surface area (Å²) in [6.45, 7) is 3.29. The minimum absolute atomic E-state index is 0.0112. The summed E-state index contributed by atoms with van der Waals surface area (Å²) in [6.07, 6.45) is 4.96. The zero-order valence-corrected chi connectivity index (χ0v) is 16.6. The van der Waals surface area contributed by atoms with E-state index in [1.807, 2.05) is 30.3 Å². The normalized spacial score (nSPS) is 14.7. The number of amides is 1. The third kappa shape index (κ3) is 5.98. The Morgan fingerprint density at radius 3 is 2.67 bits per heavy atom. The van der Waals surface area contributed by atoms with E-state index in [0.29, 0.717) is 23.6 Å². The number of hydrogen-bond acceptors (Lipinski definition) is 3. The molecule has 1 aliphatic heterocycles. The van der Waals surface area contributed by atoms with E-state index in [0.717, 1.165) is 17.8 Å². The van der Waals surface area contributed by atoms with Gasteiger partial charge in [0, 0.05) is 18.7 Å². The van der Waals surface area contributed by atoms with Gasteiger partial charge in [-0.25, -0.2) is 0 Å². The number of piperidine rings is 1. The highest BCUT2D eigenvalue weighted by molar-refractivity contribution is 6.32. The average Bonchev–Trinajstić information content (AvgIpc) is 2.67. The number of carbonyl (C=O) groups excluding carboxylic acids is 1. The first-order chi connectivity index (χ1) is 13.1. The Bertz CT molecular complexity index is 773. The van der Waals surface area contributed by atoms with Crippen LogP contribution in [0.3, 0.4) is 0 Å². The summed E-state index contributed by atoms with van der Waals surface area (Å²) in [5.41, 5.74) is 3.13. The predicted octanol–water partition coefficient (Wildman–Crippen LogP) is 4.91. The van der Waals surface area contributed by atoms with Gasteiger partial charge in [-0.05, 0) is 67.7 Å². The van der Waals surface area contributed by atoms with Crippen LogP contribution in [0.15, 0.2) is 42.5 Å². The zero-order chi connectivity index (χ0) is 19.1. The Kier molecular flexibility index (Phi) is 7.13. The zero-order valence-electron chi connectivity index (χ0n) is 15.8. The number of likely N-dealkylation sites (tertiary alicyclic amines) is 1. The first-order valence-electron chi connectivity index (χ1n) is 9.57. The van der Waals surface area contributed by atoms with Gasteiger partial charge >= 0.3 is 0 Å². The molecule has 1 amide bonds. The second-order valence-electron chi connectivity index (χ2n) is 7.05. The molecule has 0 atom stereocenters. The maximum absolute atomic E-state index is 12.3. The lowest BCUT2D eigenvalue weighted by molar-refractivity contribution is -0.116. The van der Waals surface area contributed by atoms with Crippen molar-refractivity contribution in [1.29, 1.82) is 0 Å². The van der Waals surface area contributed by atoms with E-state index < -0.39 is 0 Å². The van der Waals surface area contributed by atoms with Crippen LogP contribution in [-0.4, -0.2) is 31.0 Å². The Hall–Kier alpha value is -2.04. The molecule has 2 aromatic carbocycles. The van der Waals surface area contributed by atoms with Gasteiger partial charge in [0.1, 0.15) is 5.75 Å². The quantitative estimate of drug-likeness (QED) is 0.735. The number of methoxy groups -OCH3 is 1. The number of carbonyl (C=O) groups is 1. The first-order valence-corrected chi connectivity index (χ1v) is 9.95. The van der Waals surface area contributed by atoms with Crippen LogP contribution in [0.25, 0.3) is 0 Å². The molecule has 0 unspecified atom stereocenters. The van der Waals surface area contributed by atoms with Crippen LogP contribution >= 0.6 is 11.6 Å². The van der Waals surface area contributed by atoms with Crippen LogP contribution in [0.2, 0.25) is 5.02 Å². The van der Waals surface area contributed by atoms with E-state index in [1.165, 1.54) is 37.9 Å². The molecule has 0 saturated carbocycles. The smallest absolute Gasteiger partial charge is 0.224 e. The molecule has 0 aromatic heterocycles. The first kappa shape index (κ1) is 19.7. The van der Waals surface area contributed by atoms with Gasteiger partial charge < -0.3 is 10.1 Å². The monoisotopic (exact) mass is 386 g/mol. The van der Waals surface area contributed by atoms with Gasteiger partial charge in [-0.3, -0.25) is 9.69 Å². The topological polar surface area (TPSA) is 41.6 Å². The van der Waals surface area contributed by atoms with Crippen molar-refractivity contribution in [2.24, 2.45) is 0 Å². The molecule has 0 radical (unpaired) electrons. The SMILES string of the molecule is COc1ccc(CCC(=O)Nc2cccc(CN3CCCCC3)c2)cc1Cl. The molecule has 0 spiro atoms. The average molecular weight is 387 g/mol. The molecular weight excluding hydrogens is 360 g/mol. The highest BCUT2D eigenvalue weighted by Crippen LogP contribution is 2.25. The summed E-state index contributed by atoms with van der Waals surface area (Å²) in [5, 5.41) is 3.58. The van der Waals surface area contributed by atoms with Crippen molar-refractivity contribution >= 4 is 23.2 Å². The second-order valence-corrected chi connectivity index (χ2v) is 7.46. The number of nitrogens with zero attached hydrogens (tertiary/aromatic N) is 1. The van der Waals surface area contributed by atoms with Crippen LogP contribution in [0.1, 0.15) is 36.8 Å². The van der Waals surface area contributed by atoms with Crippen molar-refractivity contribution in [3.63, 3.8) is 0 Å². The summed E-state index contributed by atoms with van der Waals surface area (Å²) in [5.74, 6) is 0.660. The minimum atomic E-state index is 0.0112. The van der Waals surface area contributed by atoms with Crippen molar-refractivity contribution < 1.29 is 9.53 Å². The Balaban J connectivity index is 1.51. The van der Waals surface area contributed by atoms with Crippen LogP contribution in [0.5, 0.6) is 5.75 Å². The van der Waals surface area contributed by atoms with E-state index in [-0.39, 0.29) is 5.91 Å². The number of anilines is 1. The van der Waals surface area contributed by atoms with Crippen molar-refractivity contribution in [2.45, 2.75) is 38.6 Å². The number of hydrogen-bond donors (Lipinski definition) is 1. The highest BCUT2D eigenvalue weighted by Gasteiger charge is 2.11. The summed E-state index contributed by atoms with van der Waals surface area (Å²) in [4.78, 5) is 14.8. The maximum atomic E-state index is 12.3. The number of rotatable bonds is 7. The fourth-order valence-corrected chi connectivity index (χ4v) is 3.75. The Morgan fingerprint density at radius 1 is 1.11 bits per heavy atom. The number of benzene rings is 2. The summed E-state index contributed by atoms with van der Waals surface area (Å²) < 4.78 is 5.16. The standard InChI is InChI=1S/C22H27ClN2O2/c1-27-21-10-8-17(15-20(21)23)9-11-22(26)24-19-7-5-6-18(14-19)16-25-12-3-2-4-13-25/h5-8,10,14-15H,2-4,9,11-13,16H2,1H3,(H,24,26). The number of ether oxygens (including phenoxy) is 1. The third-order valence-electron chi connectivity index (χ3n) is 4.92. The highest BCUT2D eigenvalue weighted by atomic mass is 35.5. The van der Waals surface area contributed by atoms with Crippen LogP contribution in [0, 0.1) is 0 Å². The van der Waals surface area contributed by atoms with Gasteiger partial charge in [-0.1, -0.05) is 36.2 Å². The van der Waals surface area contributed by atoms with E-state index in [4.69, 9.17) is 16.3 Å². The van der Waals surface area contributed by atoms with Gasteiger partial charge in [-0.15, -0.1) is 0 Å². The molecule has 2 aromatic rings. The lowest BCUT2D eigenvalue weighted by Gasteiger charge is -2.26. The number of halogens is 1. The van der Waals surface area contributed by atoms with Gasteiger partial charge in [0.2, 0.25) is 5.91 Å². The van der Waals surface area contributed by atoms with E-state index in [9.17, 15) is 4.79 Å². The molecule has 1 fully saturated rings. The van der Waals surface area contributed by atoms with Gasteiger partial charge in [0.05, 0.1) is 12.1 Å². The fourth-order valence-electron chi connectivity index (χ4n) is 3.47. The van der Waals surface area contributed by atoms with Crippen molar-refractivity contribution in [1.82, 2.24) is 4.90 Å². The van der Waals surface area contributed by atoms with E-state index >= 15 is 0 Å². The van der Waals surface area contributed by atoms with Crippen molar-refractivity contribution in [3.05, 3.63) is 58.6 Å². The largest absolute Gasteiger partial charge is 0.495 e. The van der Waals surface area contributed by atoms with Gasteiger partial charge in [0.15, 0.2) is 0 Å². The Labute approximate surface area is 166 Å². The van der Waals surface area contributed by atoms with Crippen molar-refractivity contribution in [3.8, 4) is 5.75 Å². The molecule has 1 heterocycles. The summed E-state index contributed by atoms with van der Waals surface area (Å²) in [6, 6.07) is 13.8. The molecule has 1 saturated heterocycles. The molecule has 4 nitrogen and oxygen atoms in total. The van der Waals surface area contributed by atoms with Crippen LogP contribution in [-0.2, 0) is 17.8 Å². The third-order valence-corrected chi connectivity index (χ3v) is 5.22. The maximum Gasteiger partial charge on any atom is 0.224 e. The van der Waals surface area contributed by atoms with Crippen molar-refractivity contribution in [2.75, 3.05) is 25.5 Å². The molecule has 27 heavy (non-hydrogen) atoms. The van der Waals surface area contributed by atoms with E-state index in [2.05, 4.69) is 22.3 Å². The predicted molar refractivity (Wildman–Crippen MR) is 111 cm³/mol. The van der Waals surface area contributed by atoms with Gasteiger partial charge in [0.25, 0.3) is 0 Å². The fraction of sp³-hybridized carbons (Fsp3) is 0.409. The molecule has 0 aliphatic carbocycles. The molecule has 144 valence electrons. The second kappa shape index (κ2) is 9.77. The molecule has 0 bridgehead atoms. The Morgan fingerprint density at radius 2 is 1.93 bits per heavy atom. The lowest BCUT2D eigenvalue weighted by Crippen LogP contribution is -2.29. The van der Waals surface area contributed by atoms with E-state index in [1.54, 1.807) is 7.11 Å². The summed E-state index contributed by atoms with van der Waals surface area (Å²) in [7, 11) is 1.59. The number of nitrogens with one attached hydrogen (secondary N) is 1. The minimum Gasteiger partial charge on any atom is -0.495 e. The molecule has 3 rings (SSSR count). The molecule has 5 heteroatoms. The van der Waals surface area contributed by atoms with Gasteiger partial charge in [-0.2, -0.15) is 0 Å². The lowest BCUT2D eigenvalue weighted by atomic mass is 10.1. The van der Waals surface area contributed by atoms with Crippen LogP contribution in [0.4, 0.5) is 5.69 Å². The number of aryl methyl sites for hydroxylation is 1. The molecule has 1 N–H and O–H groups in total.